The number of benzene rings is 6. The van der Waals surface area contributed by atoms with Crippen LogP contribution in [0.5, 0.6) is 0 Å². The maximum absolute atomic E-state index is 11.7. The zero-order chi connectivity index (χ0) is 61.2. The van der Waals surface area contributed by atoms with Gasteiger partial charge in [-0.15, -0.1) is 0 Å². The number of carbonyl (C=O) groups is 2. The maximum Gasteiger partial charge on any atom is 0.309 e. The molecule has 0 saturated carbocycles. The number of hydrogen-bond donors (Lipinski definition) is 2. The van der Waals surface area contributed by atoms with E-state index in [-0.39, 0.29) is 51.3 Å². The molecule has 0 aromatic heterocycles. The maximum atomic E-state index is 11.7. The predicted octanol–water partition coefficient (Wildman–Crippen LogP) is 19.2. The first-order valence-electron chi connectivity index (χ1n) is 30.5. The third-order valence-corrected chi connectivity index (χ3v) is 23.3. The summed E-state index contributed by atoms with van der Waals surface area (Å²) in [6.07, 6.45) is 8.07. The van der Waals surface area contributed by atoms with E-state index < -0.39 is 14.3 Å². The topological polar surface area (TPSA) is 93.1 Å². The molecule has 0 fully saturated rings. The van der Waals surface area contributed by atoms with E-state index in [1.54, 1.807) is 0 Å². The molecule has 0 heterocycles. The van der Waals surface area contributed by atoms with Crippen molar-refractivity contribution in [2.24, 2.45) is 10.8 Å². The number of carboxylic acids is 1. The van der Waals surface area contributed by atoms with E-state index >= 15 is 0 Å². The van der Waals surface area contributed by atoms with Gasteiger partial charge in [0.25, 0.3) is 0 Å². The SMILES string of the molecule is CCC(CC)(c1ccc(CCC(O)C(C)(C)C)c(C)c1)c1ccc(-c2ccc(CC(=O)O)cc2)c(C)c1.CCC(CC)(c1ccc(CCC(O[Si](C)(C)C(C)(C)C)C(C)(C)C)c(C)c1)c1ccc(-c2ccc(CC(=O)OC)cc2)c(C)c1. The van der Waals surface area contributed by atoms with E-state index in [0.29, 0.717) is 6.42 Å². The Hall–Kier alpha value is -5.60. The summed E-state index contributed by atoms with van der Waals surface area (Å²) in [5.74, 6) is -1.03. The lowest BCUT2D eigenvalue weighted by molar-refractivity contribution is -0.140. The number of rotatable bonds is 22. The molecule has 0 bridgehead atoms. The minimum absolute atomic E-state index is 0.0447. The molecule has 0 saturated heterocycles. The Bertz CT molecular complexity index is 3060. The monoisotopic (exact) mass is 1130 g/mol. The van der Waals surface area contributed by atoms with Crippen molar-refractivity contribution >= 4 is 20.3 Å². The highest BCUT2D eigenvalue weighted by Crippen LogP contribution is 2.45. The molecule has 6 nitrogen and oxygen atoms in total. The molecule has 0 radical (unpaired) electrons. The van der Waals surface area contributed by atoms with Gasteiger partial charge in [0.2, 0.25) is 0 Å². The Labute approximate surface area is 498 Å². The van der Waals surface area contributed by atoms with Gasteiger partial charge in [0.05, 0.1) is 32.2 Å². The van der Waals surface area contributed by atoms with E-state index in [1.165, 1.54) is 73.9 Å². The van der Waals surface area contributed by atoms with E-state index in [4.69, 9.17) is 14.3 Å². The predicted molar refractivity (Wildman–Crippen MR) is 349 cm³/mol. The zero-order valence-corrected chi connectivity index (χ0v) is 55.3. The van der Waals surface area contributed by atoms with Crippen LogP contribution in [-0.2, 0) is 55.3 Å². The largest absolute Gasteiger partial charge is 0.481 e. The van der Waals surface area contributed by atoms with Gasteiger partial charge in [-0.05, 0) is 197 Å². The Morgan fingerprint density at radius 2 is 0.866 bits per heavy atom. The van der Waals surface area contributed by atoms with Crippen LogP contribution in [0.3, 0.4) is 0 Å². The van der Waals surface area contributed by atoms with Crippen LogP contribution in [0.25, 0.3) is 22.3 Å². The second-order valence-electron chi connectivity index (χ2n) is 27.3. The van der Waals surface area contributed by atoms with Crippen LogP contribution in [0.4, 0.5) is 0 Å². The highest BCUT2D eigenvalue weighted by atomic mass is 28.4. The van der Waals surface area contributed by atoms with Crippen LogP contribution < -0.4 is 0 Å². The first-order chi connectivity index (χ1) is 38.3. The number of methoxy groups -OCH3 is 1. The molecule has 2 N–H and O–H groups in total. The summed E-state index contributed by atoms with van der Waals surface area (Å²) in [5.41, 5.74) is 19.7. The molecular formula is C75H104O6Si. The van der Waals surface area contributed by atoms with Gasteiger partial charge in [0.15, 0.2) is 8.32 Å². The normalized spacial score (nSPS) is 13.3. The number of carbonyl (C=O) groups excluding carboxylic acids is 1. The summed E-state index contributed by atoms with van der Waals surface area (Å²) in [6, 6.07) is 44.1. The molecule has 0 aliphatic heterocycles. The van der Waals surface area contributed by atoms with Crippen LogP contribution >= 0.6 is 0 Å². The fourth-order valence-corrected chi connectivity index (χ4v) is 13.4. The quantitative estimate of drug-likeness (QED) is 0.0520. The minimum Gasteiger partial charge on any atom is -0.481 e. The third kappa shape index (κ3) is 16.4. The van der Waals surface area contributed by atoms with Crippen molar-refractivity contribution in [3.05, 3.63) is 188 Å². The first kappa shape index (κ1) is 67.2. The average Bonchev–Trinajstić information content (AvgIpc) is 3.56. The van der Waals surface area contributed by atoms with Crippen molar-refractivity contribution in [1.82, 2.24) is 0 Å². The second kappa shape index (κ2) is 27.9. The molecule has 2 atom stereocenters. The smallest absolute Gasteiger partial charge is 0.309 e. The summed E-state index contributed by atoms with van der Waals surface area (Å²) >= 11 is 0. The van der Waals surface area contributed by atoms with Crippen LogP contribution in [0.15, 0.2) is 121 Å². The van der Waals surface area contributed by atoms with Gasteiger partial charge in [-0.3, -0.25) is 9.59 Å². The molecule has 7 heteroatoms. The van der Waals surface area contributed by atoms with Gasteiger partial charge in [-0.1, -0.05) is 211 Å². The lowest BCUT2D eigenvalue weighted by Crippen LogP contribution is -2.47. The van der Waals surface area contributed by atoms with Crippen LogP contribution in [0, 0.1) is 38.5 Å². The number of esters is 1. The lowest BCUT2D eigenvalue weighted by Gasteiger charge is -2.43. The molecule has 6 aromatic carbocycles. The number of hydrogen-bond acceptors (Lipinski definition) is 5. The number of aliphatic hydroxyl groups is 1. The number of ether oxygens (including phenoxy) is 1. The molecular weight excluding hydrogens is 1020 g/mol. The van der Waals surface area contributed by atoms with Crippen molar-refractivity contribution in [1.29, 1.82) is 0 Å². The fraction of sp³-hybridized carbons (Fsp3) is 0.493. The highest BCUT2D eigenvalue weighted by molar-refractivity contribution is 6.74. The molecule has 0 amide bonds. The van der Waals surface area contributed by atoms with Crippen molar-refractivity contribution in [3.63, 3.8) is 0 Å². The number of carboxylic acid groups (broad SMARTS) is 1. The van der Waals surface area contributed by atoms with Crippen LogP contribution in [-0.4, -0.2) is 49.8 Å². The van der Waals surface area contributed by atoms with Crippen molar-refractivity contribution < 1.29 is 29.0 Å². The highest BCUT2D eigenvalue weighted by Gasteiger charge is 2.42. The van der Waals surface area contributed by atoms with E-state index in [1.807, 2.05) is 36.4 Å². The lowest BCUT2D eigenvalue weighted by atomic mass is 9.69. The fourth-order valence-electron chi connectivity index (χ4n) is 11.8. The molecule has 6 aromatic rings. The van der Waals surface area contributed by atoms with Crippen LogP contribution in [0.1, 0.15) is 195 Å². The van der Waals surface area contributed by atoms with Gasteiger partial charge in [-0.25, -0.2) is 0 Å². The third-order valence-electron chi connectivity index (χ3n) is 18.8. The Morgan fingerprint density at radius 3 is 1.18 bits per heavy atom. The van der Waals surface area contributed by atoms with Crippen molar-refractivity contribution in [2.45, 2.75) is 223 Å². The van der Waals surface area contributed by atoms with Crippen LogP contribution in [0.2, 0.25) is 18.1 Å². The minimum atomic E-state index is -1.87. The Balaban J connectivity index is 0.000000306. The molecule has 0 aliphatic rings. The number of aryl methyl sites for hydroxylation is 6. The molecule has 0 aliphatic carbocycles. The summed E-state index contributed by atoms with van der Waals surface area (Å²) in [5, 5.41) is 19.7. The summed E-state index contributed by atoms with van der Waals surface area (Å²) < 4.78 is 11.8. The Morgan fingerprint density at radius 1 is 0.500 bits per heavy atom. The number of aliphatic carboxylic acids is 1. The zero-order valence-electron chi connectivity index (χ0n) is 54.3. The van der Waals surface area contributed by atoms with E-state index in [0.717, 1.165) is 73.6 Å². The standard InChI is InChI=1S/C41H60O3Si.C34H44O3/c1-14-41(15-2,35-23-24-36(30(4)27-35)33-18-16-31(17-19-33)28-38(42)43-11)34-22-20-32(29(3)26-34)21-25-37(39(5,6)7)44-45(12,13)40(8,9)10;1-8-34(9-2,28-16-14-26(23(3)20-28)15-19-31(35)33(5,6)7)29-17-18-30(24(4)21-29)27-12-10-25(11-13-27)22-32(36)37/h16-20,22-24,26-27,37H,14-15,21,25,28H2,1-13H3;10-14,16-18,20-21,31,35H,8-9,15,19,22H2,1-7H3,(H,36,37). The van der Waals surface area contributed by atoms with Crippen molar-refractivity contribution in [3.8, 4) is 22.3 Å². The second-order valence-corrected chi connectivity index (χ2v) is 32.1. The molecule has 6 rings (SSSR count). The van der Waals surface area contributed by atoms with Crippen molar-refractivity contribution in [2.75, 3.05) is 7.11 Å². The van der Waals surface area contributed by atoms with Gasteiger partial charge < -0.3 is 19.4 Å². The van der Waals surface area contributed by atoms with E-state index in [2.05, 4.69) is 216 Å². The molecule has 2 unspecified atom stereocenters. The average molecular weight is 1130 g/mol. The first-order valence-corrected chi connectivity index (χ1v) is 33.5. The molecule has 444 valence electrons. The van der Waals surface area contributed by atoms with Gasteiger partial charge >= 0.3 is 11.9 Å². The number of aliphatic hydroxyl groups excluding tert-OH is 1. The van der Waals surface area contributed by atoms with Gasteiger partial charge in [-0.2, -0.15) is 0 Å². The summed E-state index contributed by atoms with van der Waals surface area (Å²) in [7, 11) is -0.438. The van der Waals surface area contributed by atoms with Gasteiger partial charge in [0.1, 0.15) is 0 Å². The Kier molecular flexibility index (Phi) is 22.8. The molecule has 0 spiro atoms. The molecule has 82 heavy (non-hydrogen) atoms. The van der Waals surface area contributed by atoms with E-state index in [9.17, 15) is 14.7 Å². The van der Waals surface area contributed by atoms with Gasteiger partial charge in [0, 0.05) is 10.8 Å². The summed E-state index contributed by atoms with van der Waals surface area (Å²) in [4.78, 5) is 22.7. The summed E-state index contributed by atoms with van der Waals surface area (Å²) in [6.45, 7) is 43.0.